The first-order valence-corrected chi connectivity index (χ1v) is 7.23. The lowest BCUT2D eigenvalue weighted by Gasteiger charge is -2.25. The van der Waals surface area contributed by atoms with Gasteiger partial charge in [-0.15, -0.1) is 0 Å². The van der Waals surface area contributed by atoms with Crippen molar-refractivity contribution in [2.45, 2.75) is 26.2 Å². The Morgan fingerprint density at radius 3 is 2.60 bits per heavy atom. The number of imide groups is 1. The van der Waals surface area contributed by atoms with Crippen LogP contribution in [-0.4, -0.2) is 16.9 Å². The Hall–Kier alpha value is -1.55. The van der Waals surface area contributed by atoms with Crippen LogP contribution < -0.4 is 4.90 Å². The van der Waals surface area contributed by atoms with Crippen LogP contribution in [0.2, 0.25) is 5.02 Å². The summed E-state index contributed by atoms with van der Waals surface area (Å²) < 4.78 is 0. The fourth-order valence-electron chi connectivity index (χ4n) is 3.31. The number of carbonyl (C=O) groups is 2. The lowest BCUT2D eigenvalue weighted by Crippen LogP contribution is -2.30. The molecular formula is C15H16ClNO3. The molecule has 0 spiro atoms. The zero-order valence-corrected chi connectivity index (χ0v) is 11.9. The molecule has 3 unspecified atom stereocenters. The molecule has 3 atom stereocenters. The molecule has 4 nitrogen and oxygen atoms in total. The van der Waals surface area contributed by atoms with Crippen LogP contribution in [0.1, 0.15) is 26.2 Å². The van der Waals surface area contributed by atoms with Gasteiger partial charge in [0.25, 0.3) is 0 Å². The molecule has 2 aliphatic rings. The van der Waals surface area contributed by atoms with Crippen molar-refractivity contribution in [2.75, 3.05) is 4.90 Å². The number of amides is 2. The van der Waals surface area contributed by atoms with Crippen molar-refractivity contribution in [1.82, 2.24) is 0 Å². The number of anilines is 1. The molecule has 0 bridgehead atoms. The zero-order valence-electron chi connectivity index (χ0n) is 11.2. The summed E-state index contributed by atoms with van der Waals surface area (Å²) in [6.45, 7) is 2.11. The fourth-order valence-corrected chi connectivity index (χ4v) is 3.48. The van der Waals surface area contributed by atoms with Crippen LogP contribution in [0.25, 0.3) is 0 Å². The smallest absolute Gasteiger partial charge is 0.237 e. The minimum atomic E-state index is -0.235. The first kappa shape index (κ1) is 13.4. The van der Waals surface area contributed by atoms with Gasteiger partial charge >= 0.3 is 0 Å². The quantitative estimate of drug-likeness (QED) is 0.810. The third-order valence-electron chi connectivity index (χ3n) is 4.37. The average molecular weight is 294 g/mol. The Bertz CT molecular complexity index is 586. The van der Waals surface area contributed by atoms with Gasteiger partial charge in [-0.25, -0.2) is 4.90 Å². The highest BCUT2D eigenvalue weighted by molar-refractivity contribution is 6.31. The number of halogens is 1. The molecule has 1 aliphatic carbocycles. The summed E-state index contributed by atoms with van der Waals surface area (Å²) in [6.07, 6.45) is 2.47. The Labute approximate surface area is 122 Å². The molecule has 0 radical (unpaired) electrons. The monoisotopic (exact) mass is 293 g/mol. The number of phenolic OH excluding ortho intramolecular Hbond substituents is 1. The van der Waals surface area contributed by atoms with Gasteiger partial charge in [0.05, 0.1) is 17.5 Å². The van der Waals surface area contributed by atoms with E-state index >= 15 is 0 Å². The SMILES string of the molecule is CC1CCC2C(=O)N(c3ccc(Cl)cc3O)C(=O)C2C1. The fraction of sp³-hybridized carbons (Fsp3) is 0.467. The number of benzene rings is 1. The van der Waals surface area contributed by atoms with Crippen LogP contribution >= 0.6 is 11.6 Å². The van der Waals surface area contributed by atoms with Crippen molar-refractivity contribution in [2.24, 2.45) is 17.8 Å². The first-order chi connectivity index (χ1) is 9.49. The van der Waals surface area contributed by atoms with Gasteiger partial charge < -0.3 is 5.11 Å². The second-order valence-electron chi connectivity index (χ2n) is 5.78. The van der Waals surface area contributed by atoms with Crippen molar-refractivity contribution in [3.05, 3.63) is 23.2 Å². The van der Waals surface area contributed by atoms with E-state index < -0.39 is 0 Å². The van der Waals surface area contributed by atoms with E-state index in [9.17, 15) is 14.7 Å². The number of hydrogen-bond donors (Lipinski definition) is 1. The molecule has 5 heteroatoms. The maximum Gasteiger partial charge on any atom is 0.237 e. The van der Waals surface area contributed by atoms with Crippen molar-refractivity contribution in [3.8, 4) is 5.75 Å². The number of nitrogens with zero attached hydrogens (tertiary/aromatic N) is 1. The molecule has 2 amide bonds. The van der Waals surface area contributed by atoms with E-state index in [0.29, 0.717) is 10.9 Å². The van der Waals surface area contributed by atoms with Gasteiger partial charge in [-0.1, -0.05) is 18.5 Å². The highest BCUT2D eigenvalue weighted by Crippen LogP contribution is 2.44. The van der Waals surface area contributed by atoms with E-state index in [2.05, 4.69) is 6.92 Å². The summed E-state index contributed by atoms with van der Waals surface area (Å²) in [5, 5.41) is 10.3. The number of phenols is 1. The van der Waals surface area contributed by atoms with E-state index in [0.717, 1.165) is 24.2 Å². The minimum absolute atomic E-state index is 0.133. The molecule has 1 aromatic rings. The van der Waals surface area contributed by atoms with Crippen LogP contribution in [0.15, 0.2) is 18.2 Å². The van der Waals surface area contributed by atoms with Gasteiger partial charge in [0.2, 0.25) is 11.8 Å². The maximum atomic E-state index is 12.5. The normalized spacial score (nSPS) is 29.7. The molecule has 2 fully saturated rings. The Morgan fingerprint density at radius 1 is 1.20 bits per heavy atom. The van der Waals surface area contributed by atoms with E-state index in [1.165, 1.54) is 12.1 Å². The van der Waals surface area contributed by atoms with Crippen LogP contribution in [0, 0.1) is 17.8 Å². The third-order valence-corrected chi connectivity index (χ3v) is 4.60. The molecule has 3 rings (SSSR count). The van der Waals surface area contributed by atoms with E-state index in [-0.39, 0.29) is 35.1 Å². The first-order valence-electron chi connectivity index (χ1n) is 6.85. The summed E-state index contributed by atoms with van der Waals surface area (Å²) in [5.74, 6) is -0.513. The van der Waals surface area contributed by atoms with Gasteiger partial charge in [-0.3, -0.25) is 9.59 Å². The molecule has 1 saturated heterocycles. The molecule has 1 heterocycles. The number of rotatable bonds is 1. The van der Waals surface area contributed by atoms with Gasteiger partial charge in [-0.05, 0) is 37.3 Å². The molecule has 1 N–H and O–H groups in total. The summed E-state index contributed by atoms with van der Waals surface area (Å²) >= 11 is 5.79. The minimum Gasteiger partial charge on any atom is -0.506 e. The molecule has 0 aromatic heterocycles. The molecule has 1 aliphatic heterocycles. The predicted octanol–water partition coefficient (Wildman–Crippen LogP) is 2.97. The lowest BCUT2D eigenvalue weighted by molar-refractivity contribution is -0.122. The van der Waals surface area contributed by atoms with Crippen LogP contribution in [0.4, 0.5) is 5.69 Å². The highest BCUT2D eigenvalue weighted by Gasteiger charge is 2.50. The van der Waals surface area contributed by atoms with Crippen molar-refractivity contribution in [1.29, 1.82) is 0 Å². The molecule has 1 saturated carbocycles. The van der Waals surface area contributed by atoms with Crippen LogP contribution in [0.5, 0.6) is 5.75 Å². The summed E-state index contributed by atoms with van der Waals surface area (Å²) in [6, 6.07) is 4.44. The molecule has 1 aromatic carbocycles. The molecule has 106 valence electrons. The summed E-state index contributed by atoms with van der Waals surface area (Å²) in [5.41, 5.74) is 0.242. The van der Waals surface area contributed by atoms with Crippen molar-refractivity contribution in [3.63, 3.8) is 0 Å². The number of aromatic hydroxyl groups is 1. The number of fused-ring (bicyclic) bond motifs is 1. The van der Waals surface area contributed by atoms with E-state index in [1.54, 1.807) is 6.07 Å². The predicted molar refractivity (Wildman–Crippen MR) is 75.6 cm³/mol. The standard InChI is InChI=1S/C15H16ClNO3/c1-8-2-4-10-11(6-8)15(20)17(14(10)19)12-5-3-9(16)7-13(12)18/h3,5,7-8,10-11,18H,2,4,6H2,1H3. The van der Waals surface area contributed by atoms with E-state index in [4.69, 9.17) is 11.6 Å². The molecule has 20 heavy (non-hydrogen) atoms. The summed E-state index contributed by atoms with van der Waals surface area (Å²) in [4.78, 5) is 26.1. The summed E-state index contributed by atoms with van der Waals surface area (Å²) in [7, 11) is 0. The number of hydrogen-bond acceptors (Lipinski definition) is 3. The highest BCUT2D eigenvalue weighted by atomic mass is 35.5. The lowest BCUT2D eigenvalue weighted by atomic mass is 9.76. The Morgan fingerprint density at radius 2 is 1.90 bits per heavy atom. The maximum absolute atomic E-state index is 12.5. The van der Waals surface area contributed by atoms with Gasteiger partial charge in [0, 0.05) is 11.1 Å². The molecular weight excluding hydrogens is 278 g/mol. The van der Waals surface area contributed by atoms with Crippen LogP contribution in [-0.2, 0) is 9.59 Å². The largest absolute Gasteiger partial charge is 0.506 e. The second kappa shape index (κ2) is 4.77. The van der Waals surface area contributed by atoms with Crippen LogP contribution in [0.3, 0.4) is 0 Å². The number of carbonyl (C=O) groups excluding carboxylic acids is 2. The topological polar surface area (TPSA) is 57.6 Å². The average Bonchev–Trinajstić information content (AvgIpc) is 2.63. The Kier molecular flexibility index (Phi) is 3.21. The Balaban J connectivity index is 1.98. The van der Waals surface area contributed by atoms with Gasteiger partial charge in [-0.2, -0.15) is 0 Å². The zero-order chi connectivity index (χ0) is 14.4. The third kappa shape index (κ3) is 1.99. The van der Waals surface area contributed by atoms with Crippen molar-refractivity contribution >= 4 is 29.1 Å². The van der Waals surface area contributed by atoms with E-state index in [1.807, 2.05) is 0 Å². The van der Waals surface area contributed by atoms with Gasteiger partial charge in [0.1, 0.15) is 5.75 Å². The second-order valence-corrected chi connectivity index (χ2v) is 6.21. The van der Waals surface area contributed by atoms with Crippen molar-refractivity contribution < 1.29 is 14.7 Å². The van der Waals surface area contributed by atoms with Gasteiger partial charge in [0.15, 0.2) is 0 Å².